The lowest BCUT2D eigenvalue weighted by molar-refractivity contribution is -0.359. The van der Waals surface area contributed by atoms with Crippen LogP contribution in [-0.4, -0.2) is 131 Å². The molecule has 3 aliphatic rings. The molecule has 4 rings (SSSR count). The van der Waals surface area contributed by atoms with Crippen LogP contribution < -0.4 is 14.8 Å². The Morgan fingerprint density at radius 1 is 0.974 bits per heavy atom. The average Bonchev–Trinajstić information content (AvgIpc) is 3.16. The van der Waals surface area contributed by atoms with E-state index in [2.05, 4.69) is 5.32 Å². The maximum Gasteiger partial charge on any atom is 0.189 e. The molecule has 11 atom stereocenters. The van der Waals surface area contributed by atoms with E-state index in [0.29, 0.717) is 30.9 Å². The summed E-state index contributed by atoms with van der Waals surface area (Å²) in [6.45, 7) is -0.816. The molecule has 3 fully saturated rings. The summed E-state index contributed by atoms with van der Waals surface area (Å²) in [7, 11) is 3.09. The van der Waals surface area contributed by atoms with Crippen molar-refractivity contribution in [3.05, 3.63) is 23.8 Å². The highest BCUT2D eigenvalue weighted by molar-refractivity contribution is 5.43. The number of benzene rings is 1. The van der Waals surface area contributed by atoms with Crippen molar-refractivity contribution in [1.82, 2.24) is 5.32 Å². The normalized spacial score (nSPS) is 41.1. The van der Waals surface area contributed by atoms with Gasteiger partial charge >= 0.3 is 0 Å². The highest BCUT2D eigenvalue weighted by Crippen LogP contribution is 2.48. The van der Waals surface area contributed by atoms with Gasteiger partial charge in [-0.05, 0) is 43.0 Å². The molecule has 0 amide bonds. The minimum atomic E-state index is -1.86. The van der Waals surface area contributed by atoms with E-state index in [1.807, 2.05) is 12.1 Å². The summed E-state index contributed by atoms with van der Waals surface area (Å²) in [5.41, 5.74) is -0.930. The molecule has 0 radical (unpaired) electrons. The number of ether oxygens (including phenoxy) is 5. The van der Waals surface area contributed by atoms with Gasteiger partial charge in [0, 0.05) is 5.92 Å². The van der Waals surface area contributed by atoms with E-state index in [1.165, 1.54) is 0 Å². The van der Waals surface area contributed by atoms with Gasteiger partial charge in [0.2, 0.25) is 0 Å². The molecule has 0 spiro atoms. The first-order valence-corrected chi connectivity index (χ1v) is 12.7. The summed E-state index contributed by atoms with van der Waals surface area (Å²) >= 11 is 0. The highest BCUT2D eigenvalue weighted by atomic mass is 16.8. The maximum atomic E-state index is 11.6. The van der Waals surface area contributed by atoms with Gasteiger partial charge in [-0.3, -0.25) is 0 Å². The van der Waals surface area contributed by atoms with Crippen LogP contribution in [0, 0.1) is 11.8 Å². The molecule has 216 valence electrons. The van der Waals surface area contributed by atoms with Crippen molar-refractivity contribution in [3.8, 4) is 11.5 Å². The number of nitrogens with one attached hydrogen (secondary N) is 1. The highest BCUT2D eigenvalue weighted by Gasteiger charge is 2.64. The smallest absolute Gasteiger partial charge is 0.189 e. The van der Waals surface area contributed by atoms with E-state index >= 15 is 0 Å². The summed E-state index contributed by atoms with van der Waals surface area (Å²) in [4.78, 5) is 0. The van der Waals surface area contributed by atoms with Crippen LogP contribution in [0.2, 0.25) is 0 Å². The zero-order valence-corrected chi connectivity index (χ0v) is 21.4. The second kappa shape index (κ2) is 12.3. The van der Waals surface area contributed by atoms with Crippen molar-refractivity contribution >= 4 is 0 Å². The number of hydrogen-bond donors (Lipinski definition) is 8. The van der Waals surface area contributed by atoms with E-state index in [1.54, 1.807) is 20.3 Å². The quantitative estimate of drug-likeness (QED) is 0.149. The van der Waals surface area contributed by atoms with Crippen LogP contribution in [0.3, 0.4) is 0 Å². The molecule has 13 nitrogen and oxygen atoms in total. The fraction of sp³-hybridized carbons (Fsp3) is 0.760. The van der Waals surface area contributed by atoms with E-state index in [4.69, 9.17) is 23.7 Å². The van der Waals surface area contributed by atoms with Gasteiger partial charge in [-0.25, -0.2) is 0 Å². The third-order valence-electron chi connectivity index (χ3n) is 7.98. The van der Waals surface area contributed by atoms with Crippen LogP contribution in [0.25, 0.3) is 0 Å². The third-order valence-corrected chi connectivity index (χ3v) is 7.98. The molecule has 1 aromatic carbocycles. The largest absolute Gasteiger partial charge is 0.493 e. The summed E-state index contributed by atoms with van der Waals surface area (Å²) in [6.07, 6.45) is -8.91. The first-order chi connectivity index (χ1) is 18.2. The van der Waals surface area contributed by atoms with Gasteiger partial charge in [0.05, 0.1) is 46.2 Å². The summed E-state index contributed by atoms with van der Waals surface area (Å²) in [5, 5.41) is 76.3. The Morgan fingerprint density at radius 2 is 1.71 bits per heavy atom. The molecular formula is C25H39NO12. The van der Waals surface area contributed by atoms with Crippen LogP contribution in [0.5, 0.6) is 11.5 Å². The number of hydrogen-bond acceptors (Lipinski definition) is 13. The minimum Gasteiger partial charge on any atom is -0.493 e. The Hall–Kier alpha value is -1.62. The zero-order chi connectivity index (χ0) is 27.6. The van der Waals surface area contributed by atoms with Crippen LogP contribution in [0.1, 0.15) is 12.0 Å². The molecule has 2 saturated heterocycles. The lowest BCUT2D eigenvalue weighted by Gasteiger charge is -2.45. The lowest BCUT2D eigenvalue weighted by atomic mass is 9.81. The second-order valence-corrected chi connectivity index (χ2v) is 10.1. The molecule has 0 unspecified atom stereocenters. The first-order valence-electron chi connectivity index (χ1n) is 12.7. The monoisotopic (exact) mass is 545 g/mol. The summed E-state index contributed by atoms with van der Waals surface area (Å²) < 4.78 is 27.6. The number of fused-ring (bicyclic) bond motifs is 1. The second-order valence-electron chi connectivity index (χ2n) is 10.1. The van der Waals surface area contributed by atoms with Gasteiger partial charge in [0.1, 0.15) is 30.0 Å². The predicted octanol–water partition coefficient (Wildman–Crippen LogP) is -2.90. The van der Waals surface area contributed by atoms with Crippen molar-refractivity contribution in [2.75, 3.05) is 40.6 Å². The van der Waals surface area contributed by atoms with Crippen molar-refractivity contribution in [3.63, 3.8) is 0 Å². The molecule has 1 aliphatic carbocycles. The van der Waals surface area contributed by atoms with Crippen molar-refractivity contribution in [1.29, 1.82) is 0 Å². The maximum absolute atomic E-state index is 11.6. The number of methoxy groups -OCH3 is 2. The molecule has 2 heterocycles. The third kappa shape index (κ3) is 5.38. The van der Waals surface area contributed by atoms with Crippen LogP contribution in [-0.2, 0) is 20.6 Å². The predicted molar refractivity (Wildman–Crippen MR) is 129 cm³/mol. The molecule has 0 bridgehead atoms. The molecule has 1 saturated carbocycles. The summed E-state index contributed by atoms with van der Waals surface area (Å²) in [5.74, 6) is -0.259. The molecule has 8 N–H and O–H groups in total. The number of aliphatic hydroxyl groups is 7. The van der Waals surface area contributed by atoms with Crippen molar-refractivity contribution in [2.45, 2.75) is 67.6 Å². The Kier molecular flexibility index (Phi) is 9.48. The van der Waals surface area contributed by atoms with E-state index in [9.17, 15) is 35.7 Å². The number of rotatable bonds is 10. The number of aliphatic hydroxyl groups excluding tert-OH is 6. The molecule has 38 heavy (non-hydrogen) atoms. The standard InChI is InChI=1S/C25H39NO12/c1-34-14-4-3-12(9-15(14)35-2)5-7-26-22-18(29)13-6-8-36-23(17(13)25(22,33)11-28)38-24-21(32)20(31)19(30)16(10-27)37-24/h3-4,9,13,16-24,26-33H,5-8,10-11H2,1-2H3/t13-,16-,17-,18+,19-,20+,21-,22-,23+,24+,25+/m1/s1. The molecule has 0 aromatic heterocycles. The fourth-order valence-electron chi connectivity index (χ4n) is 5.89. The molecule has 1 aromatic rings. The molecule has 2 aliphatic heterocycles. The Morgan fingerprint density at radius 3 is 2.37 bits per heavy atom. The Labute approximate surface area is 220 Å². The van der Waals surface area contributed by atoms with Gasteiger partial charge in [0.15, 0.2) is 24.1 Å². The minimum absolute atomic E-state index is 0.167. The SMILES string of the molecule is COc1ccc(CCN[C@@H]2[C@@H](O)[C@@H]3CCO[C@@H](O[C@@H]4O[C@H](CO)[C@@H](O)[C@H](O)[C@H]4O)[C@@H]3[C@@]2(O)CO)cc1OC. The zero-order valence-electron chi connectivity index (χ0n) is 21.4. The van der Waals surface area contributed by atoms with Crippen LogP contribution >= 0.6 is 0 Å². The molecular weight excluding hydrogens is 506 g/mol. The van der Waals surface area contributed by atoms with Gasteiger partial charge in [-0.2, -0.15) is 0 Å². The van der Waals surface area contributed by atoms with E-state index in [-0.39, 0.29) is 6.61 Å². The van der Waals surface area contributed by atoms with E-state index < -0.39 is 79.8 Å². The van der Waals surface area contributed by atoms with Crippen molar-refractivity contribution in [2.24, 2.45) is 11.8 Å². The fourth-order valence-corrected chi connectivity index (χ4v) is 5.89. The van der Waals surface area contributed by atoms with Crippen LogP contribution in [0.4, 0.5) is 0 Å². The van der Waals surface area contributed by atoms with E-state index in [0.717, 1.165) is 5.56 Å². The molecule has 13 heteroatoms. The van der Waals surface area contributed by atoms with Crippen molar-refractivity contribution < 1.29 is 59.4 Å². The first kappa shape index (κ1) is 29.4. The lowest BCUT2D eigenvalue weighted by Crippen LogP contribution is -2.62. The average molecular weight is 546 g/mol. The van der Waals surface area contributed by atoms with Gasteiger partial charge < -0.3 is 64.7 Å². The summed E-state index contributed by atoms with van der Waals surface area (Å²) in [6, 6.07) is 4.58. The Balaban J connectivity index is 1.47. The topological polar surface area (TPSA) is 200 Å². The Bertz CT molecular complexity index is 920. The van der Waals surface area contributed by atoms with Gasteiger partial charge in [-0.1, -0.05) is 6.07 Å². The van der Waals surface area contributed by atoms with Crippen LogP contribution in [0.15, 0.2) is 18.2 Å². The van der Waals surface area contributed by atoms with Gasteiger partial charge in [-0.15, -0.1) is 0 Å². The van der Waals surface area contributed by atoms with Gasteiger partial charge in [0.25, 0.3) is 0 Å².